The Kier molecular flexibility index (Phi) is 6.81. The van der Waals surface area contributed by atoms with E-state index in [1.54, 1.807) is 14.2 Å². The minimum Gasteiger partial charge on any atom is -0.494 e. The number of rotatable bonds is 9. The van der Waals surface area contributed by atoms with Gasteiger partial charge >= 0.3 is 0 Å². The summed E-state index contributed by atoms with van der Waals surface area (Å²) in [5.41, 5.74) is 3.36. The Bertz CT molecular complexity index is 1050. The van der Waals surface area contributed by atoms with E-state index in [0.29, 0.717) is 53.9 Å². The molecular weight excluding hydrogens is 433 g/mol. The number of hydrogen-bond acceptors (Lipinski definition) is 5. The Balaban J connectivity index is 1.85. The van der Waals surface area contributed by atoms with E-state index in [9.17, 15) is 0 Å². The molecule has 3 aliphatic rings. The summed E-state index contributed by atoms with van der Waals surface area (Å²) >= 11 is 0. The first-order valence-electron chi connectivity index (χ1n) is 12.0. The molecule has 0 unspecified atom stereocenters. The van der Waals surface area contributed by atoms with Gasteiger partial charge in [0.15, 0.2) is 17.3 Å². The van der Waals surface area contributed by atoms with Gasteiger partial charge in [-0.3, -0.25) is 0 Å². The number of benzene rings is 1. The molecular formula is C28H36FNO4. The third-order valence-electron chi connectivity index (χ3n) is 7.27. The van der Waals surface area contributed by atoms with Crippen molar-refractivity contribution in [1.29, 1.82) is 0 Å². The number of fused-ring (bicyclic) bond motifs is 6. The van der Waals surface area contributed by atoms with Gasteiger partial charge in [-0.15, -0.1) is 0 Å². The Morgan fingerprint density at radius 1 is 1.21 bits per heavy atom. The van der Waals surface area contributed by atoms with Crippen LogP contribution in [0, 0.1) is 5.41 Å². The van der Waals surface area contributed by atoms with E-state index in [0.717, 1.165) is 30.4 Å². The van der Waals surface area contributed by atoms with Crippen molar-refractivity contribution in [2.45, 2.75) is 52.0 Å². The molecule has 6 heteroatoms. The van der Waals surface area contributed by atoms with Crippen LogP contribution in [-0.4, -0.2) is 45.0 Å². The maximum Gasteiger partial charge on any atom is 0.161 e. The fourth-order valence-corrected chi connectivity index (χ4v) is 5.64. The van der Waals surface area contributed by atoms with Gasteiger partial charge in [0.1, 0.15) is 5.76 Å². The molecule has 1 aliphatic carbocycles. The van der Waals surface area contributed by atoms with Gasteiger partial charge < -0.3 is 23.8 Å². The molecule has 0 N–H and O–H groups in total. The van der Waals surface area contributed by atoms with Crippen molar-refractivity contribution >= 4 is 5.70 Å². The lowest BCUT2D eigenvalue weighted by atomic mass is 9.75. The van der Waals surface area contributed by atoms with Crippen molar-refractivity contribution in [1.82, 2.24) is 4.90 Å². The topological polar surface area (TPSA) is 40.2 Å². The summed E-state index contributed by atoms with van der Waals surface area (Å²) in [6, 6.07) is 4.06. The van der Waals surface area contributed by atoms with Gasteiger partial charge in [-0.25, -0.2) is 4.39 Å². The summed E-state index contributed by atoms with van der Waals surface area (Å²) in [4.78, 5) is 2.10. The molecule has 0 bridgehead atoms. The molecule has 0 aromatic heterocycles. The Morgan fingerprint density at radius 3 is 2.65 bits per heavy atom. The zero-order valence-corrected chi connectivity index (χ0v) is 21.0. The number of allylic oxidation sites excluding steroid dienone is 2. The molecule has 1 fully saturated rings. The van der Waals surface area contributed by atoms with Crippen LogP contribution in [0.2, 0.25) is 0 Å². The van der Waals surface area contributed by atoms with E-state index in [2.05, 4.69) is 38.0 Å². The van der Waals surface area contributed by atoms with Crippen molar-refractivity contribution in [2.75, 3.05) is 34.0 Å². The molecule has 4 rings (SSSR count). The quantitative estimate of drug-likeness (QED) is 0.312. The van der Waals surface area contributed by atoms with Crippen molar-refractivity contribution in [3.8, 4) is 11.5 Å². The normalized spacial score (nSPS) is 22.6. The van der Waals surface area contributed by atoms with Crippen LogP contribution in [0.4, 0.5) is 4.39 Å². The maximum atomic E-state index is 16.1. The predicted molar refractivity (Wildman–Crippen MR) is 132 cm³/mol. The Hall–Kier alpha value is -2.73. The molecule has 2 atom stereocenters. The first-order valence-corrected chi connectivity index (χ1v) is 12.0. The van der Waals surface area contributed by atoms with E-state index in [1.165, 1.54) is 0 Å². The van der Waals surface area contributed by atoms with Crippen LogP contribution >= 0.6 is 0 Å². The van der Waals surface area contributed by atoms with Crippen LogP contribution in [0.5, 0.6) is 11.5 Å². The van der Waals surface area contributed by atoms with Crippen molar-refractivity contribution in [3.63, 3.8) is 0 Å². The summed E-state index contributed by atoms with van der Waals surface area (Å²) in [5, 5.41) is 0. The monoisotopic (exact) mass is 469 g/mol. The highest BCUT2D eigenvalue weighted by molar-refractivity contribution is 5.81. The van der Waals surface area contributed by atoms with Crippen LogP contribution in [-0.2, 0) is 9.47 Å². The molecule has 0 radical (unpaired) electrons. The average Bonchev–Trinajstić information content (AvgIpc) is 3.13. The van der Waals surface area contributed by atoms with Crippen LogP contribution in [0.3, 0.4) is 0 Å². The molecule has 184 valence electrons. The maximum absolute atomic E-state index is 16.1. The summed E-state index contributed by atoms with van der Waals surface area (Å²) in [5.74, 6) is 1.60. The van der Waals surface area contributed by atoms with Gasteiger partial charge in [-0.1, -0.05) is 27.0 Å². The average molecular weight is 470 g/mol. The number of halogens is 1. The van der Waals surface area contributed by atoms with Gasteiger partial charge in [-0.2, -0.15) is 0 Å². The largest absolute Gasteiger partial charge is 0.494 e. The second-order valence-electron chi connectivity index (χ2n) is 9.81. The van der Waals surface area contributed by atoms with Gasteiger partial charge in [0.25, 0.3) is 0 Å². The van der Waals surface area contributed by atoms with Gasteiger partial charge in [-0.05, 0) is 42.9 Å². The number of hydrogen-bond donors (Lipinski definition) is 0. The lowest BCUT2D eigenvalue weighted by Crippen LogP contribution is -2.45. The zero-order chi connectivity index (χ0) is 24.6. The highest BCUT2D eigenvalue weighted by atomic mass is 19.1. The molecule has 5 nitrogen and oxygen atoms in total. The van der Waals surface area contributed by atoms with Crippen LogP contribution in [0.1, 0.15) is 57.1 Å². The van der Waals surface area contributed by atoms with E-state index in [1.807, 2.05) is 19.2 Å². The Morgan fingerprint density at radius 2 is 1.97 bits per heavy atom. The van der Waals surface area contributed by atoms with Crippen molar-refractivity contribution in [2.24, 2.45) is 5.41 Å². The first-order chi connectivity index (χ1) is 16.2. The predicted octanol–water partition coefficient (Wildman–Crippen LogP) is 6.34. The summed E-state index contributed by atoms with van der Waals surface area (Å²) in [6.45, 7) is 16.1. The van der Waals surface area contributed by atoms with Crippen molar-refractivity contribution in [3.05, 3.63) is 65.3 Å². The molecule has 1 aromatic rings. The zero-order valence-electron chi connectivity index (χ0n) is 21.0. The van der Waals surface area contributed by atoms with E-state index >= 15 is 4.39 Å². The second-order valence-corrected chi connectivity index (χ2v) is 9.81. The minimum absolute atomic E-state index is 0.0134. The smallest absolute Gasteiger partial charge is 0.161 e. The SMILES string of the molecule is C=C(OCC)C1=CN2C(=C(F)C1=C)c1cc(OC)c(OCCCOC)cc1[C@H]1CCC(C)(C)[C@H]12. The van der Waals surface area contributed by atoms with E-state index in [-0.39, 0.29) is 23.2 Å². The Labute approximate surface area is 202 Å². The van der Waals surface area contributed by atoms with Crippen LogP contribution in [0.25, 0.3) is 5.70 Å². The fraction of sp³-hybridized carbons (Fsp3) is 0.500. The second kappa shape index (κ2) is 9.49. The molecule has 1 saturated carbocycles. The van der Waals surface area contributed by atoms with Crippen LogP contribution in [0.15, 0.2) is 54.2 Å². The molecule has 2 aliphatic heterocycles. The highest BCUT2D eigenvalue weighted by Gasteiger charge is 2.52. The molecule has 0 spiro atoms. The van der Waals surface area contributed by atoms with Gasteiger partial charge in [0.05, 0.1) is 26.0 Å². The summed E-state index contributed by atoms with van der Waals surface area (Å²) < 4.78 is 38.6. The number of ether oxygens (including phenoxy) is 4. The lowest BCUT2D eigenvalue weighted by Gasteiger charge is -2.47. The fourth-order valence-electron chi connectivity index (χ4n) is 5.64. The minimum atomic E-state index is -0.350. The number of nitrogens with zero attached hydrogens (tertiary/aromatic N) is 1. The highest BCUT2D eigenvalue weighted by Crippen LogP contribution is 2.58. The van der Waals surface area contributed by atoms with Gasteiger partial charge in [0, 0.05) is 55.0 Å². The first kappa shape index (κ1) is 24.4. The summed E-state index contributed by atoms with van der Waals surface area (Å²) in [7, 11) is 3.29. The number of methoxy groups -OCH3 is 2. The third-order valence-corrected chi connectivity index (χ3v) is 7.27. The standard InChI is InChI=1S/C28H36FNO4/c1-8-33-18(3)22-16-30-26(25(29)17(22)2)21-15-23(32-7)24(34-13-9-12-31-6)14-20(21)19-10-11-28(4,5)27(19)30/h14-16,19,27H,2-3,8-13H2,1,4-7H3/t19-,27+/m1/s1. The lowest BCUT2D eigenvalue weighted by molar-refractivity contribution is 0.170. The van der Waals surface area contributed by atoms with E-state index < -0.39 is 0 Å². The van der Waals surface area contributed by atoms with Crippen LogP contribution < -0.4 is 9.47 Å². The van der Waals surface area contributed by atoms with Gasteiger partial charge in [0.2, 0.25) is 0 Å². The molecule has 2 heterocycles. The molecule has 34 heavy (non-hydrogen) atoms. The summed E-state index contributed by atoms with van der Waals surface area (Å²) in [6.07, 6.45) is 4.82. The molecule has 0 saturated heterocycles. The third kappa shape index (κ3) is 4.02. The van der Waals surface area contributed by atoms with Crippen molar-refractivity contribution < 1.29 is 23.3 Å². The molecule has 1 aromatic carbocycles. The van der Waals surface area contributed by atoms with E-state index in [4.69, 9.17) is 18.9 Å². The molecule has 0 amide bonds.